The fraction of sp³-hybridized carbons (Fsp3) is 0.350. The molecule has 1 aromatic heterocycles. The summed E-state index contributed by atoms with van der Waals surface area (Å²) in [4.78, 5) is 12.5. The van der Waals surface area contributed by atoms with Crippen molar-refractivity contribution in [1.29, 1.82) is 0 Å². The van der Waals surface area contributed by atoms with E-state index in [9.17, 15) is 9.90 Å². The Morgan fingerprint density at radius 3 is 2.60 bits per heavy atom. The van der Waals surface area contributed by atoms with Crippen LogP contribution in [-0.4, -0.2) is 29.9 Å². The molecule has 0 aliphatic heterocycles. The van der Waals surface area contributed by atoms with Gasteiger partial charge in [-0.25, -0.2) is 0 Å². The van der Waals surface area contributed by atoms with E-state index < -0.39 is 6.10 Å². The van der Waals surface area contributed by atoms with E-state index in [0.717, 1.165) is 0 Å². The van der Waals surface area contributed by atoms with Gasteiger partial charge in [0.05, 0.1) is 10.8 Å². The lowest BCUT2D eigenvalue weighted by Crippen LogP contribution is -2.42. The molecular formula is C20H23NO4. The number of benzene rings is 2. The van der Waals surface area contributed by atoms with Crippen molar-refractivity contribution < 1.29 is 14.3 Å². The van der Waals surface area contributed by atoms with Crippen molar-refractivity contribution in [3.8, 4) is 5.75 Å². The molecule has 0 aliphatic carbocycles. The Morgan fingerprint density at radius 1 is 1.12 bits per heavy atom. The van der Waals surface area contributed by atoms with E-state index in [1.54, 1.807) is 30.3 Å². The number of hydrogen-bond donors (Lipinski definition) is 2. The second-order valence-electron chi connectivity index (χ2n) is 7.18. The third-order valence-corrected chi connectivity index (χ3v) is 3.86. The summed E-state index contributed by atoms with van der Waals surface area (Å²) in [7, 11) is 0. The van der Waals surface area contributed by atoms with E-state index in [2.05, 4.69) is 5.32 Å². The number of hydrogen-bond acceptors (Lipinski definition) is 5. The fourth-order valence-electron chi connectivity index (χ4n) is 2.55. The summed E-state index contributed by atoms with van der Waals surface area (Å²) < 4.78 is 11.5. The minimum Gasteiger partial charge on any atom is -0.491 e. The zero-order chi connectivity index (χ0) is 18.0. The van der Waals surface area contributed by atoms with Crippen LogP contribution in [0.2, 0.25) is 0 Å². The molecule has 1 heterocycles. The second-order valence-corrected chi connectivity index (χ2v) is 7.18. The summed E-state index contributed by atoms with van der Waals surface area (Å²) in [6.07, 6.45) is -0.626. The first-order chi connectivity index (χ1) is 11.8. The van der Waals surface area contributed by atoms with Crippen LogP contribution in [0.1, 0.15) is 20.8 Å². The second kappa shape index (κ2) is 6.86. The summed E-state index contributed by atoms with van der Waals surface area (Å²) in [5.41, 5.74) is 0.905. The van der Waals surface area contributed by atoms with Crippen LogP contribution in [0, 0.1) is 0 Å². The first kappa shape index (κ1) is 17.5. The third-order valence-electron chi connectivity index (χ3n) is 3.86. The smallest absolute Gasteiger partial charge is 0.200 e. The molecule has 132 valence electrons. The zero-order valence-electron chi connectivity index (χ0n) is 14.7. The van der Waals surface area contributed by atoms with Gasteiger partial charge in [0.2, 0.25) is 5.43 Å². The highest BCUT2D eigenvalue weighted by Gasteiger charge is 2.13. The molecule has 0 saturated heterocycles. The molecule has 2 aromatic carbocycles. The number of ether oxygens (including phenoxy) is 1. The summed E-state index contributed by atoms with van der Waals surface area (Å²) in [5, 5.41) is 14.3. The van der Waals surface area contributed by atoms with Crippen LogP contribution in [0.3, 0.4) is 0 Å². The Kier molecular flexibility index (Phi) is 4.79. The van der Waals surface area contributed by atoms with Gasteiger partial charge in [-0.2, -0.15) is 0 Å². The lowest BCUT2D eigenvalue weighted by atomic mass is 10.1. The average molecular weight is 341 g/mol. The van der Waals surface area contributed by atoms with E-state index >= 15 is 0 Å². The van der Waals surface area contributed by atoms with Gasteiger partial charge < -0.3 is 19.6 Å². The number of para-hydroxylation sites is 1. The molecule has 0 spiro atoms. The molecule has 0 amide bonds. The average Bonchev–Trinajstić information content (AvgIpc) is 2.57. The van der Waals surface area contributed by atoms with Gasteiger partial charge in [0.1, 0.15) is 29.6 Å². The van der Waals surface area contributed by atoms with Crippen LogP contribution in [0.4, 0.5) is 0 Å². The van der Waals surface area contributed by atoms with E-state index in [-0.39, 0.29) is 17.6 Å². The van der Waals surface area contributed by atoms with E-state index in [1.807, 2.05) is 32.9 Å². The Morgan fingerprint density at radius 2 is 1.84 bits per heavy atom. The van der Waals surface area contributed by atoms with Crippen LogP contribution in [0.15, 0.2) is 51.7 Å². The van der Waals surface area contributed by atoms with E-state index in [1.165, 1.54) is 0 Å². The molecule has 5 nitrogen and oxygen atoms in total. The topological polar surface area (TPSA) is 71.7 Å². The molecule has 0 radical (unpaired) electrons. The molecule has 25 heavy (non-hydrogen) atoms. The van der Waals surface area contributed by atoms with Gasteiger partial charge in [-0.1, -0.05) is 12.1 Å². The van der Waals surface area contributed by atoms with Crippen LogP contribution in [-0.2, 0) is 0 Å². The molecule has 5 heteroatoms. The SMILES string of the molecule is CC(C)(C)NCC(O)COc1ccc2c(=O)c3ccccc3oc2c1. The normalized spacial score (nSPS) is 13.3. The van der Waals surface area contributed by atoms with Crippen LogP contribution < -0.4 is 15.5 Å². The lowest BCUT2D eigenvalue weighted by molar-refractivity contribution is 0.100. The number of aliphatic hydroxyl groups is 1. The van der Waals surface area contributed by atoms with E-state index in [0.29, 0.717) is 34.2 Å². The van der Waals surface area contributed by atoms with Crippen LogP contribution >= 0.6 is 0 Å². The summed E-state index contributed by atoms with van der Waals surface area (Å²) >= 11 is 0. The predicted molar refractivity (Wildman–Crippen MR) is 99.2 cm³/mol. The monoisotopic (exact) mass is 341 g/mol. The summed E-state index contributed by atoms with van der Waals surface area (Å²) in [5.74, 6) is 0.556. The number of aliphatic hydroxyl groups excluding tert-OH is 1. The zero-order valence-corrected chi connectivity index (χ0v) is 14.7. The molecular weight excluding hydrogens is 318 g/mol. The molecule has 3 rings (SSSR count). The molecule has 1 unspecified atom stereocenters. The maximum absolute atomic E-state index is 12.5. The molecule has 0 aliphatic rings. The van der Waals surface area contributed by atoms with Crippen molar-refractivity contribution in [3.63, 3.8) is 0 Å². The van der Waals surface area contributed by atoms with Crippen molar-refractivity contribution in [2.24, 2.45) is 0 Å². The minimum atomic E-state index is -0.626. The number of rotatable bonds is 5. The van der Waals surface area contributed by atoms with Crippen molar-refractivity contribution in [1.82, 2.24) is 5.32 Å². The predicted octanol–water partition coefficient (Wildman–Crippen LogP) is 3.07. The van der Waals surface area contributed by atoms with E-state index in [4.69, 9.17) is 9.15 Å². The minimum absolute atomic E-state index is 0.0576. The van der Waals surface area contributed by atoms with Gasteiger partial charge in [-0.15, -0.1) is 0 Å². The standard InChI is InChI=1S/C20H23NO4/c1-20(2,3)21-11-13(22)12-24-14-8-9-16-18(10-14)25-17-7-5-4-6-15(17)19(16)23/h4-10,13,21-22H,11-12H2,1-3H3. The van der Waals surface area contributed by atoms with Crippen molar-refractivity contribution >= 4 is 21.9 Å². The number of fused-ring (bicyclic) bond motifs is 2. The van der Waals surface area contributed by atoms with Gasteiger partial charge >= 0.3 is 0 Å². The maximum Gasteiger partial charge on any atom is 0.200 e. The highest BCUT2D eigenvalue weighted by molar-refractivity contribution is 5.90. The van der Waals surface area contributed by atoms with Gasteiger partial charge in [-0.05, 0) is 45.0 Å². The lowest BCUT2D eigenvalue weighted by Gasteiger charge is -2.22. The van der Waals surface area contributed by atoms with Crippen molar-refractivity contribution in [3.05, 3.63) is 52.7 Å². The Bertz CT molecular complexity index is 940. The highest BCUT2D eigenvalue weighted by Crippen LogP contribution is 2.22. The first-order valence-corrected chi connectivity index (χ1v) is 8.35. The number of β-amino-alcohol motifs (C(OH)–C–C–N with tert-alkyl or cyclic N) is 1. The van der Waals surface area contributed by atoms with Crippen molar-refractivity contribution in [2.45, 2.75) is 32.4 Å². The maximum atomic E-state index is 12.5. The third kappa shape index (κ3) is 4.18. The molecule has 1 atom stereocenters. The van der Waals surface area contributed by atoms with Gasteiger partial charge in [0, 0.05) is 18.2 Å². The van der Waals surface area contributed by atoms with Gasteiger partial charge in [-0.3, -0.25) is 4.79 Å². The first-order valence-electron chi connectivity index (χ1n) is 8.35. The Hall–Kier alpha value is -2.37. The largest absolute Gasteiger partial charge is 0.491 e. The number of nitrogens with one attached hydrogen (secondary N) is 1. The molecule has 0 fully saturated rings. The van der Waals surface area contributed by atoms with Crippen LogP contribution in [0.5, 0.6) is 5.75 Å². The molecule has 0 bridgehead atoms. The fourth-order valence-corrected chi connectivity index (χ4v) is 2.55. The Balaban J connectivity index is 1.77. The Labute approximate surface area is 146 Å². The quantitative estimate of drug-likeness (QED) is 0.698. The molecule has 0 saturated carbocycles. The molecule has 2 N–H and O–H groups in total. The van der Waals surface area contributed by atoms with Crippen LogP contribution in [0.25, 0.3) is 21.9 Å². The molecule has 3 aromatic rings. The highest BCUT2D eigenvalue weighted by atomic mass is 16.5. The summed E-state index contributed by atoms with van der Waals surface area (Å²) in [6, 6.07) is 12.3. The summed E-state index contributed by atoms with van der Waals surface area (Å²) in [6.45, 7) is 6.71. The van der Waals surface area contributed by atoms with Gasteiger partial charge in [0.25, 0.3) is 0 Å². The van der Waals surface area contributed by atoms with Crippen molar-refractivity contribution in [2.75, 3.05) is 13.2 Å². The van der Waals surface area contributed by atoms with Gasteiger partial charge in [0.15, 0.2) is 0 Å².